The van der Waals surface area contributed by atoms with Crippen molar-refractivity contribution in [1.82, 2.24) is 15.0 Å². The minimum Gasteiger partial charge on any atom is -0.482 e. The van der Waals surface area contributed by atoms with E-state index in [1.807, 2.05) is 44.2 Å². The molecule has 0 aliphatic carbocycles. The summed E-state index contributed by atoms with van der Waals surface area (Å²) >= 11 is 6.06. The van der Waals surface area contributed by atoms with Crippen LogP contribution in [0.5, 0.6) is 5.75 Å². The molecule has 0 aliphatic rings. The van der Waals surface area contributed by atoms with Crippen LogP contribution in [-0.4, -0.2) is 33.6 Å². The number of aromatic nitrogens is 2. The highest BCUT2D eigenvalue weighted by Gasteiger charge is 2.21. The van der Waals surface area contributed by atoms with Crippen LogP contribution >= 0.6 is 11.6 Å². The maximum atomic E-state index is 12.6. The van der Waals surface area contributed by atoms with Gasteiger partial charge >= 0.3 is 0 Å². The molecule has 0 fully saturated rings. The molecular weight excluding hydrogens is 366 g/mol. The molecule has 0 atom stereocenters. The zero-order chi connectivity index (χ0) is 19.2. The predicted molar refractivity (Wildman–Crippen MR) is 102 cm³/mol. The van der Waals surface area contributed by atoms with E-state index in [0.717, 1.165) is 5.56 Å². The lowest BCUT2D eigenvalue weighted by Gasteiger charge is -2.25. The summed E-state index contributed by atoms with van der Waals surface area (Å²) in [5.41, 5.74) is 0.858. The number of carbonyl (C=O) groups is 1. The average molecular weight is 386 g/mol. The van der Waals surface area contributed by atoms with Crippen LogP contribution in [0, 0.1) is 0 Å². The highest BCUT2D eigenvalue weighted by molar-refractivity contribution is 6.32. The maximum absolute atomic E-state index is 12.6. The van der Waals surface area contributed by atoms with Gasteiger partial charge in [0.2, 0.25) is 11.7 Å². The SMILES string of the molecule is CC(C)N(Cc1nc(-c2ccccc2)no1)C(=O)COc1ccccc1Cl. The number of nitrogens with zero attached hydrogens (tertiary/aromatic N) is 3. The zero-order valence-electron chi connectivity index (χ0n) is 15.1. The molecule has 1 amide bonds. The third-order valence-electron chi connectivity index (χ3n) is 3.94. The number of halogens is 1. The number of para-hydroxylation sites is 1. The third kappa shape index (κ3) is 4.86. The van der Waals surface area contributed by atoms with Crippen molar-refractivity contribution >= 4 is 17.5 Å². The molecule has 7 heteroatoms. The van der Waals surface area contributed by atoms with E-state index in [9.17, 15) is 4.79 Å². The number of hydrogen-bond donors (Lipinski definition) is 0. The van der Waals surface area contributed by atoms with E-state index in [2.05, 4.69) is 10.1 Å². The van der Waals surface area contributed by atoms with Crippen LogP contribution < -0.4 is 4.74 Å². The molecule has 2 aromatic carbocycles. The first-order valence-electron chi connectivity index (χ1n) is 8.59. The van der Waals surface area contributed by atoms with E-state index in [1.54, 1.807) is 29.2 Å². The minimum atomic E-state index is -0.190. The zero-order valence-corrected chi connectivity index (χ0v) is 15.9. The van der Waals surface area contributed by atoms with Crippen LogP contribution in [0.3, 0.4) is 0 Å². The highest BCUT2D eigenvalue weighted by atomic mass is 35.5. The Morgan fingerprint density at radius 2 is 1.85 bits per heavy atom. The largest absolute Gasteiger partial charge is 0.482 e. The van der Waals surface area contributed by atoms with Gasteiger partial charge in [-0.3, -0.25) is 4.79 Å². The Balaban J connectivity index is 1.66. The molecule has 1 heterocycles. The fourth-order valence-electron chi connectivity index (χ4n) is 2.51. The first kappa shape index (κ1) is 18.9. The lowest BCUT2D eigenvalue weighted by Crippen LogP contribution is -2.39. The lowest BCUT2D eigenvalue weighted by atomic mass is 10.2. The second-order valence-electron chi connectivity index (χ2n) is 6.21. The summed E-state index contributed by atoms with van der Waals surface area (Å²) in [6, 6.07) is 16.5. The molecular formula is C20H20ClN3O3. The maximum Gasteiger partial charge on any atom is 0.261 e. The Bertz CT molecular complexity index is 896. The molecule has 0 N–H and O–H groups in total. The second-order valence-corrected chi connectivity index (χ2v) is 6.62. The summed E-state index contributed by atoms with van der Waals surface area (Å²) in [6.07, 6.45) is 0. The first-order valence-corrected chi connectivity index (χ1v) is 8.97. The summed E-state index contributed by atoms with van der Waals surface area (Å²) in [6.45, 7) is 3.92. The Morgan fingerprint density at radius 1 is 1.15 bits per heavy atom. The van der Waals surface area contributed by atoms with Gasteiger partial charge in [-0.15, -0.1) is 0 Å². The van der Waals surface area contributed by atoms with Crippen LogP contribution in [0.4, 0.5) is 0 Å². The number of benzene rings is 2. The molecule has 6 nitrogen and oxygen atoms in total. The van der Waals surface area contributed by atoms with E-state index in [1.165, 1.54) is 0 Å². The summed E-state index contributed by atoms with van der Waals surface area (Å²) in [5, 5.41) is 4.45. The van der Waals surface area contributed by atoms with Gasteiger partial charge in [-0.2, -0.15) is 4.98 Å². The van der Waals surface area contributed by atoms with Crippen LogP contribution in [-0.2, 0) is 11.3 Å². The summed E-state index contributed by atoms with van der Waals surface area (Å²) in [7, 11) is 0. The standard InChI is InChI=1S/C20H20ClN3O3/c1-14(2)24(19(25)13-26-17-11-7-6-10-16(17)21)12-18-22-20(23-27-18)15-8-4-3-5-9-15/h3-11,14H,12-13H2,1-2H3. The van der Waals surface area contributed by atoms with Crippen molar-refractivity contribution in [2.24, 2.45) is 0 Å². The van der Waals surface area contributed by atoms with Gasteiger partial charge in [-0.1, -0.05) is 59.2 Å². The fraction of sp³-hybridized carbons (Fsp3) is 0.250. The van der Waals surface area contributed by atoms with E-state index in [-0.39, 0.29) is 25.1 Å². The number of amides is 1. The Labute approximate surface area is 162 Å². The number of ether oxygens (including phenoxy) is 1. The Morgan fingerprint density at radius 3 is 2.56 bits per heavy atom. The fourth-order valence-corrected chi connectivity index (χ4v) is 2.70. The normalized spacial score (nSPS) is 10.8. The quantitative estimate of drug-likeness (QED) is 0.609. The summed E-state index contributed by atoms with van der Waals surface area (Å²) in [5.74, 6) is 1.15. The number of carbonyl (C=O) groups excluding carboxylic acids is 1. The molecule has 0 radical (unpaired) electrons. The van der Waals surface area contributed by atoms with E-state index in [0.29, 0.717) is 22.5 Å². The average Bonchev–Trinajstić information content (AvgIpc) is 3.14. The monoisotopic (exact) mass is 385 g/mol. The van der Waals surface area contributed by atoms with Crippen molar-refractivity contribution in [1.29, 1.82) is 0 Å². The molecule has 1 aromatic heterocycles. The van der Waals surface area contributed by atoms with Crippen LogP contribution in [0.25, 0.3) is 11.4 Å². The molecule has 0 unspecified atom stereocenters. The predicted octanol–water partition coefficient (Wildman–Crippen LogP) is 4.21. The van der Waals surface area contributed by atoms with Crippen LogP contribution in [0.15, 0.2) is 59.1 Å². The number of rotatable bonds is 7. The molecule has 0 spiro atoms. The summed E-state index contributed by atoms with van der Waals surface area (Å²) in [4.78, 5) is 18.6. The number of hydrogen-bond acceptors (Lipinski definition) is 5. The molecule has 0 saturated heterocycles. The molecule has 0 saturated carbocycles. The van der Waals surface area contributed by atoms with Gasteiger partial charge in [0.25, 0.3) is 5.91 Å². The Hall–Kier alpha value is -2.86. The minimum absolute atomic E-state index is 0.0561. The van der Waals surface area contributed by atoms with Gasteiger partial charge in [-0.25, -0.2) is 0 Å². The van der Waals surface area contributed by atoms with Gasteiger partial charge < -0.3 is 14.2 Å². The molecule has 27 heavy (non-hydrogen) atoms. The van der Waals surface area contributed by atoms with E-state index in [4.69, 9.17) is 20.9 Å². The van der Waals surface area contributed by atoms with Crippen molar-refractivity contribution in [2.45, 2.75) is 26.4 Å². The molecule has 0 aliphatic heterocycles. The molecule has 3 aromatic rings. The molecule has 0 bridgehead atoms. The van der Waals surface area contributed by atoms with Crippen molar-refractivity contribution < 1.29 is 14.1 Å². The van der Waals surface area contributed by atoms with Gasteiger partial charge in [0, 0.05) is 11.6 Å². The van der Waals surface area contributed by atoms with Gasteiger partial charge in [-0.05, 0) is 26.0 Å². The molecule has 3 rings (SSSR count). The summed E-state index contributed by atoms with van der Waals surface area (Å²) < 4.78 is 10.9. The second kappa shape index (κ2) is 8.68. The van der Waals surface area contributed by atoms with Gasteiger partial charge in [0.1, 0.15) is 12.3 Å². The highest BCUT2D eigenvalue weighted by Crippen LogP contribution is 2.23. The van der Waals surface area contributed by atoms with E-state index < -0.39 is 0 Å². The van der Waals surface area contributed by atoms with Crippen molar-refractivity contribution in [3.63, 3.8) is 0 Å². The van der Waals surface area contributed by atoms with Crippen molar-refractivity contribution in [3.05, 3.63) is 65.5 Å². The smallest absolute Gasteiger partial charge is 0.261 e. The van der Waals surface area contributed by atoms with E-state index >= 15 is 0 Å². The lowest BCUT2D eigenvalue weighted by molar-refractivity contribution is -0.136. The van der Waals surface area contributed by atoms with Gasteiger partial charge in [0.05, 0.1) is 5.02 Å². The van der Waals surface area contributed by atoms with Crippen LogP contribution in [0.1, 0.15) is 19.7 Å². The topological polar surface area (TPSA) is 68.5 Å². The third-order valence-corrected chi connectivity index (χ3v) is 4.25. The van der Waals surface area contributed by atoms with Gasteiger partial charge in [0.15, 0.2) is 6.61 Å². The van der Waals surface area contributed by atoms with Crippen molar-refractivity contribution in [2.75, 3.05) is 6.61 Å². The van der Waals surface area contributed by atoms with Crippen molar-refractivity contribution in [3.8, 4) is 17.1 Å². The molecule has 140 valence electrons. The first-order chi connectivity index (χ1) is 13.0. The Kier molecular flexibility index (Phi) is 6.08. The van der Waals surface area contributed by atoms with Crippen LogP contribution in [0.2, 0.25) is 5.02 Å².